The van der Waals surface area contributed by atoms with Gasteiger partial charge in [0, 0.05) is 12.6 Å². The minimum Gasteiger partial charge on any atom is -0.309 e. The Balaban J connectivity index is 2.15. The quantitative estimate of drug-likeness (QED) is 0.700. The maximum absolute atomic E-state index is 4.41. The van der Waals surface area contributed by atoms with E-state index < -0.39 is 0 Å². The highest BCUT2D eigenvalue weighted by Crippen LogP contribution is 2.16. The molecule has 2 aromatic heterocycles. The fourth-order valence-electron chi connectivity index (χ4n) is 1.34. The average Bonchev–Trinajstić information content (AvgIpc) is 2.68. The lowest BCUT2D eigenvalue weighted by Gasteiger charge is -2.08. The molecule has 0 atom stereocenters. The van der Waals surface area contributed by atoms with Crippen LogP contribution in [0.2, 0.25) is 0 Å². The van der Waals surface area contributed by atoms with Crippen LogP contribution < -0.4 is 5.32 Å². The molecule has 0 unspecified atom stereocenters. The molecule has 96 valence electrons. The second kappa shape index (κ2) is 6.24. The molecule has 2 aromatic rings. The summed E-state index contributed by atoms with van der Waals surface area (Å²) in [6, 6.07) is 0.447. The van der Waals surface area contributed by atoms with Crippen molar-refractivity contribution < 1.29 is 0 Å². The fourth-order valence-corrected chi connectivity index (χ4v) is 2.24. The van der Waals surface area contributed by atoms with E-state index in [0.717, 1.165) is 25.5 Å². The van der Waals surface area contributed by atoms with Crippen molar-refractivity contribution in [2.45, 2.75) is 26.4 Å². The highest BCUT2D eigenvalue weighted by Gasteiger charge is 2.08. The van der Waals surface area contributed by atoms with Gasteiger partial charge in [0.15, 0.2) is 5.82 Å². The summed E-state index contributed by atoms with van der Waals surface area (Å²) in [6.07, 6.45) is 5.34. The summed E-state index contributed by atoms with van der Waals surface area (Å²) < 4.78 is 3.95. The minimum absolute atomic E-state index is 0.447. The van der Waals surface area contributed by atoms with E-state index in [0.29, 0.717) is 6.04 Å². The van der Waals surface area contributed by atoms with Gasteiger partial charge in [-0.05, 0) is 45.2 Å². The van der Waals surface area contributed by atoms with E-state index in [2.05, 4.69) is 79.3 Å². The Morgan fingerprint density at radius 3 is 2.50 bits per heavy atom. The largest absolute Gasteiger partial charge is 0.309 e. The molecule has 0 aliphatic carbocycles. The lowest BCUT2D eigenvalue weighted by molar-refractivity contribution is 0.580. The van der Waals surface area contributed by atoms with Crippen LogP contribution in [0, 0.1) is 7.40 Å². The van der Waals surface area contributed by atoms with Gasteiger partial charge >= 0.3 is 0 Å². The molecular weight excluding hydrogens is 456 g/mol. The summed E-state index contributed by atoms with van der Waals surface area (Å²) >= 11 is 4.45. The summed E-state index contributed by atoms with van der Waals surface area (Å²) in [4.78, 5) is 13.0. The third kappa shape index (κ3) is 3.38. The van der Waals surface area contributed by atoms with Crippen LogP contribution in [0.1, 0.15) is 19.5 Å². The van der Waals surface area contributed by atoms with Gasteiger partial charge in [-0.25, -0.2) is 9.97 Å². The Bertz CT molecular complexity index is 521. The van der Waals surface area contributed by atoms with Crippen molar-refractivity contribution in [2.75, 3.05) is 0 Å². The predicted molar refractivity (Wildman–Crippen MR) is 86.6 cm³/mol. The van der Waals surface area contributed by atoms with Crippen molar-refractivity contribution in [3.8, 4) is 5.82 Å². The van der Waals surface area contributed by atoms with E-state index in [1.54, 1.807) is 18.7 Å². The standard InChI is InChI=1S/C11H13I2N5/c1-7(2)14-3-8-4-16-9(5-15-8)18-6-17-10(12)11(18)13/h4-7,14H,3H2,1-2H3. The molecule has 2 heterocycles. The van der Waals surface area contributed by atoms with Crippen LogP contribution in [-0.2, 0) is 6.54 Å². The van der Waals surface area contributed by atoms with E-state index >= 15 is 0 Å². The summed E-state index contributed by atoms with van der Waals surface area (Å²) in [5, 5.41) is 3.31. The van der Waals surface area contributed by atoms with Gasteiger partial charge in [-0.2, -0.15) is 0 Å². The van der Waals surface area contributed by atoms with Gasteiger partial charge in [0.05, 0.1) is 18.1 Å². The van der Waals surface area contributed by atoms with Gasteiger partial charge in [0.1, 0.15) is 13.7 Å². The number of rotatable bonds is 4. The monoisotopic (exact) mass is 469 g/mol. The number of nitrogens with one attached hydrogen (secondary N) is 1. The number of nitrogens with zero attached hydrogens (tertiary/aromatic N) is 4. The highest BCUT2D eigenvalue weighted by molar-refractivity contribution is 14.1. The van der Waals surface area contributed by atoms with E-state index in [9.17, 15) is 0 Å². The lowest BCUT2D eigenvalue weighted by atomic mass is 10.3. The molecule has 0 saturated heterocycles. The minimum atomic E-state index is 0.447. The first-order valence-electron chi connectivity index (χ1n) is 5.51. The van der Waals surface area contributed by atoms with E-state index in [1.165, 1.54) is 0 Å². The first-order valence-corrected chi connectivity index (χ1v) is 7.66. The Hall–Kier alpha value is -0.290. The number of imidazole rings is 1. The van der Waals surface area contributed by atoms with Crippen LogP contribution >= 0.6 is 45.2 Å². The molecule has 0 spiro atoms. The predicted octanol–water partition coefficient (Wildman–Crippen LogP) is 2.37. The van der Waals surface area contributed by atoms with Gasteiger partial charge in [0.2, 0.25) is 0 Å². The number of halogens is 2. The van der Waals surface area contributed by atoms with Gasteiger partial charge in [-0.1, -0.05) is 13.8 Å². The molecular formula is C11H13I2N5. The third-order valence-electron chi connectivity index (χ3n) is 2.30. The smallest absolute Gasteiger partial charge is 0.157 e. The van der Waals surface area contributed by atoms with Crippen LogP contribution in [0.15, 0.2) is 18.7 Å². The number of aromatic nitrogens is 4. The molecule has 0 radical (unpaired) electrons. The summed E-state index contributed by atoms with van der Waals surface area (Å²) in [5.74, 6) is 0.795. The Morgan fingerprint density at radius 2 is 2.00 bits per heavy atom. The highest BCUT2D eigenvalue weighted by atomic mass is 127. The lowest BCUT2D eigenvalue weighted by Crippen LogP contribution is -2.22. The summed E-state index contributed by atoms with van der Waals surface area (Å²) in [5.41, 5.74) is 0.942. The van der Waals surface area contributed by atoms with Gasteiger partial charge in [0.25, 0.3) is 0 Å². The molecule has 0 amide bonds. The Kier molecular flexibility index (Phi) is 4.90. The van der Waals surface area contributed by atoms with E-state index in [4.69, 9.17) is 0 Å². The number of hydrogen-bond donors (Lipinski definition) is 1. The van der Waals surface area contributed by atoms with Gasteiger partial charge in [-0.15, -0.1) is 0 Å². The zero-order valence-electron chi connectivity index (χ0n) is 10.1. The van der Waals surface area contributed by atoms with E-state index in [-0.39, 0.29) is 0 Å². The third-order valence-corrected chi connectivity index (χ3v) is 5.15. The summed E-state index contributed by atoms with van der Waals surface area (Å²) in [7, 11) is 0. The molecule has 0 fully saturated rings. The average molecular weight is 469 g/mol. The van der Waals surface area contributed by atoms with Crippen LogP contribution in [0.25, 0.3) is 5.82 Å². The maximum atomic E-state index is 4.41. The Labute approximate surface area is 133 Å². The van der Waals surface area contributed by atoms with Crippen molar-refractivity contribution in [1.29, 1.82) is 0 Å². The van der Waals surface area contributed by atoms with Crippen LogP contribution in [0.3, 0.4) is 0 Å². The molecule has 0 aliphatic rings. The van der Waals surface area contributed by atoms with Gasteiger partial charge in [-0.3, -0.25) is 9.55 Å². The molecule has 1 N–H and O–H groups in total. The molecule has 0 bridgehead atoms. The fraction of sp³-hybridized carbons (Fsp3) is 0.364. The van der Waals surface area contributed by atoms with Crippen LogP contribution in [0.5, 0.6) is 0 Å². The molecule has 7 heteroatoms. The summed E-state index contributed by atoms with van der Waals surface area (Å²) in [6.45, 7) is 4.96. The van der Waals surface area contributed by atoms with Crippen LogP contribution in [0.4, 0.5) is 0 Å². The van der Waals surface area contributed by atoms with Crippen molar-refractivity contribution in [1.82, 2.24) is 24.8 Å². The zero-order chi connectivity index (χ0) is 13.1. The second-order valence-electron chi connectivity index (χ2n) is 4.10. The Morgan fingerprint density at radius 1 is 1.22 bits per heavy atom. The topological polar surface area (TPSA) is 55.6 Å². The molecule has 18 heavy (non-hydrogen) atoms. The van der Waals surface area contributed by atoms with Crippen molar-refractivity contribution >= 4 is 45.2 Å². The first kappa shape index (κ1) is 14.1. The van der Waals surface area contributed by atoms with Crippen molar-refractivity contribution in [2.24, 2.45) is 0 Å². The molecule has 0 aliphatic heterocycles. The first-order chi connectivity index (χ1) is 8.58. The number of hydrogen-bond acceptors (Lipinski definition) is 4. The molecule has 0 saturated carbocycles. The molecule has 5 nitrogen and oxygen atoms in total. The maximum Gasteiger partial charge on any atom is 0.157 e. The molecule has 2 rings (SSSR count). The van der Waals surface area contributed by atoms with Crippen LogP contribution in [-0.4, -0.2) is 25.6 Å². The zero-order valence-corrected chi connectivity index (χ0v) is 14.4. The van der Waals surface area contributed by atoms with Gasteiger partial charge < -0.3 is 5.32 Å². The van der Waals surface area contributed by atoms with E-state index in [1.807, 2.05) is 4.57 Å². The SMILES string of the molecule is CC(C)NCc1cnc(-n2cnc(I)c2I)cn1. The van der Waals surface area contributed by atoms with Crippen molar-refractivity contribution in [3.63, 3.8) is 0 Å². The van der Waals surface area contributed by atoms with Crippen molar-refractivity contribution in [3.05, 3.63) is 31.8 Å². The normalized spacial score (nSPS) is 11.2. The molecule has 0 aromatic carbocycles. The second-order valence-corrected chi connectivity index (χ2v) is 6.14.